The first kappa shape index (κ1) is 40.4. The van der Waals surface area contributed by atoms with E-state index in [1.165, 1.54) is 0 Å². The second-order valence-corrected chi connectivity index (χ2v) is 14.4. The summed E-state index contributed by atoms with van der Waals surface area (Å²) in [5, 5.41) is 9.77. The lowest BCUT2D eigenvalue weighted by molar-refractivity contribution is 0.101. The smallest absolute Gasteiger partial charge is 0.255 e. The second-order valence-electron chi connectivity index (χ2n) is 14.4. The Bertz CT molecular complexity index is 2810. The predicted octanol–water partition coefficient (Wildman–Crippen LogP) is 12.0. The number of carbonyl (C=O) groups excluding carboxylic acids is 4. The summed E-state index contributed by atoms with van der Waals surface area (Å²) in [6, 6.07) is 51.5. The van der Waals surface area contributed by atoms with Crippen LogP contribution in [0.25, 0.3) is 44.8 Å². The second kappa shape index (κ2) is 18.3. The summed E-state index contributed by atoms with van der Waals surface area (Å²) in [6.07, 6.45) is 6.79. The number of hydrogen-bond donors (Lipinski definition) is 2. The maximum Gasteiger partial charge on any atom is 0.255 e. The molecule has 0 aliphatic heterocycles. The van der Waals surface area contributed by atoms with Crippen LogP contribution in [0.15, 0.2) is 182 Å². The predicted molar refractivity (Wildman–Crippen MR) is 248 cm³/mol. The van der Waals surface area contributed by atoms with Gasteiger partial charge in [0.2, 0.25) is 0 Å². The molecule has 8 heteroatoms. The average molecular weight is 813 g/mol. The molecule has 0 heterocycles. The minimum Gasteiger partial charge on any atom is -0.497 e. The Morgan fingerprint density at radius 3 is 1.13 bits per heavy atom. The summed E-state index contributed by atoms with van der Waals surface area (Å²) in [5.74, 6) is 0.365. The van der Waals surface area contributed by atoms with E-state index in [-0.39, 0.29) is 23.4 Å². The fourth-order valence-corrected chi connectivity index (χ4v) is 7.26. The summed E-state index contributed by atoms with van der Waals surface area (Å²) in [7, 11) is 3.14. The Balaban J connectivity index is 1.07. The average Bonchev–Trinajstić information content (AvgIpc) is 3.32. The van der Waals surface area contributed by atoms with Crippen LogP contribution in [0, 0.1) is 0 Å². The zero-order valence-electron chi connectivity index (χ0n) is 33.9. The topological polar surface area (TPSA) is 111 Å². The maximum absolute atomic E-state index is 13.6. The largest absolute Gasteiger partial charge is 0.497 e. The molecule has 0 saturated carbocycles. The van der Waals surface area contributed by atoms with Crippen LogP contribution in [-0.4, -0.2) is 37.6 Å². The SMILES string of the molecule is COc1ccc(C(=O)Nc2ccc(C(=O)/C=C\c3ccc4ccccc4c3-c3c(/C=C\C(=O)c4ccc(NC(=O)c5ccc(OC)cc5)cc4)ccc4ccccc34)cc2)cc1. The third kappa shape index (κ3) is 8.95. The molecule has 8 aromatic carbocycles. The van der Waals surface area contributed by atoms with Gasteiger partial charge in [0.05, 0.1) is 14.2 Å². The summed E-state index contributed by atoms with van der Waals surface area (Å²) in [5.41, 5.74) is 6.50. The van der Waals surface area contributed by atoms with Crippen molar-refractivity contribution in [2.45, 2.75) is 0 Å². The Morgan fingerprint density at radius 1 is 0.403 bits per heavy atom. The molecule has 0 radical (unpaired) electrons. The summed E-state index contributed by atoms with van der Waals surface area (Å²) < 4.78 is 10.4. The molecule has 0 bridgehead atoms. The Labute approximate surface area is 358 Å². The van der Waals surface area contributed by atoms with Crippen molar-refractivity contribution in [2.24, 2.45) is 0 Å². The van der Waals surface area contributed by atoms with E-state index in [0.29, 0.717) is 45.1 Å². The molecule has 0 fully saturated rings. The van der Waals surface area contributed by atoms with Gasteiger partial charge in [-0.3, -0.25) is 19.2 Å². The van der Waals surface area contributed by atoms with Gasteiger partial charge in [0, 0.05) is 33.6 Å². The number of methoxy groups -OCH3 is 2. The number of amides is 2. The van der Waals surface area contributed by atoms with E-state index in [9.17, 15) is 19.2 Å². The molecule has 0 aromatic heterocycles. The number of fused-ring (bicyclic) bond motifs is 2. The fraction of sp³-hybridized carbons (Fsp3) is 0.0370. The highest BCUT2D eigenvalue weighted by Crippen LogP contribution is 2.40. The van der Waals surface area contributed by atoms with Gasteiger partial charge in [-0.2, -0.15) is 0 Å². The monoisotopic (exact) mass is 812 g/mol. The van der Waals surface area contributed by atoms with Gasteiger partial charge < -0.3 is 20.1 Å². The molecule has 2 amide bonds. The summed E-state index contributed by atoms with van der Waals surface area (Å²) >= 11 is 0. The van der Waals surface area contributed by atoms with E-state index >= 15 is 0 Å². The van der Waals surface area contributed by atoms with Crippen molar-refractivity contribution in [2.75, 3.05) is 24.9 Å². The van der Waals surface area contributed by atoms with Gasteiger partial charge in [0.15, 0.2) is 11.6 Å². The Kier molecular flexibility index (Phi) is 11.9. The van der Waals surface area contributed by atoms with Crippen molar-refractivity contribution in [1.82, 2.24) is 0 Å². The highest BCUT2D eigenvalue weighted by Gasteiger charge is 2.17. The van der Waals surface area contributed by atoms with Gasteiger partial charge in [-0.1, -0.05) is 84.9 Å². The number of carbonyl (C=O) groups is 4. The zero-order chi connectivity index (χ0) is 43.0. The highest BCUT2D eigenvalue weighted by molar-refractivity contribution is 6.14. The molecule has 0 aliphatic rings. The van der Waals surface area contributed by atoms with E-state index in [0.717, 1.165) is 43.8 Å². The van der Waals surface area contributed by atoms with Crippen LogP contribution in [0.1, 0.15) is 52.6 Å². The summed E-state index contributed by atoms with van der Waals surface area (Å²) in [6.45, 7) is 0. The normalized spacial score (nSPS) is 11.2. The standard InChI is InChI=1S/C54H40N2O6/c1-61-45-29-19-41(20-30-45)53(59)55-43-25-15-37(16-26-43)49(57)33-23-39-13-11-35-7-3-5-9-47(35)51(39)52-40(14-12-36-8-4-6-10-48(36)52)24-34-50(58)38-17-27-44(28-18-38)56-54(60)42-21-31-46(62-2)32-22-42/h3-34H,1-2H3,(H,55,59)(H,56,60)/b33-23-,34-24-. The van der Waals surface area contributed by atoms with Gasteiger partial charge >= 0.3 is 0 Å². The van der Waals surface area contributed by atoms with E-state index in [1.807, 2.05) is 60.7 Å². The lowest BCUT2D eigenvalue weighted by Gasteiger charge is -2.17. The molecular weight excluding hydrogens is 773 g/mol. The molecular formula is C54H40N2O6. The van der Waals surface area contributed by atoms with Crippen LogP contribution >= 0.6 is 0 Å². The van der Waals surface area contributed by atoms with Gasteiger partial charge in [-0.15, -0.1) is 0 Å². The fourth-order valence-electron chi connectivity index (χ4n) is 7.26. The van der Waals surface area contributed by atoms with Gasteiger partial charge in [0.1, 0.15) is 11.5 Å². The van der Waals surface area contributed by atoms with E-state index < -0.39 is 0 Å². The van der Waals surface area contributed by atoms with Crippen molar-refractivity contribution < 1.29 is 28.7 Å². The van der Waals surface area contributed by atoms with Crippen molar-refractivity contribution in [3.05, 3.63) is 215 Å². The van der Waals surface area contributed by atoms with Crippen LogP contribution in [0.3, 0.4) is 0 Å². The van der Waals surface area contributed by atoms with E-state index in [1.54, 1.807) is 123 Å². The molecule has 0 aliphatic carbocycles. The van der Waals surface area contributed by atoms with Crippen molar-refractivity contribution in [1.29, 1.82) is 0 Å². The van der Waals surface area contributed by atoms with Crippen LogP contribution < -0.4 is 20.1 Å². The van der Waals surface area contributed by atoms with E-state index in [4.69, 9.17) is 9.47 Å². The molecule has 302 valence electrons. The number of ether oxygens (including phenoxy) is 2. The molecule has 0 saturated heterocycles. The Hall–Kier alpha value is -8.36. The van der Waals surface area contributed by atoms with Gasteiger partial charge in [-0.25, -0.2) is 0 Å². The molecule has 0 spiro atoms. The van der Waals surface area contributed by atoms with Crippen LogP contribution in [0.2, 0.25) is 0 Å². The first-order valence-corrected chi connectivity index (χ1v) is 19.9. The third-order valence-corrected chi connectivity index (χ3v) is 10.6. The molecule has 0 atom stereocenters. The van der Waals surface area contributed by atoms with Gasteiger partial charge in [-0.05, 0) is 153 Å². The highest BCUT2D eigenvalue weighted by atomic mass is 16.5. The number of nitrogens with one attached hydrogen (secondary N) is 2. The molecule has 8 nitrogen and oxygen atoms in total. The van der Waals surface area contributed by atoms with Gasteiger partial charge in [0.25, 0.3) is 11.8 Å². The first-order valence-electron chi connectivity index (χ1n) is 19.9. The quantitative estimate of drug-likeness (QED) is 0.0886. The zero-order valence-corrected chi connectivity index (χ0v) is 33.9. The first-order chi connectivity index (χ1) is 30.3. The molecule has 8 rings (SSSR count). The minimum absolute atomic E-state index is 0.202. The summed E-state index contributed by atoms with van der Waals surface area (Å²) in [4.78, 5) is 52.9. The van der Waals surface area contributed by atoms with Crippen LogP contribution in [0.4, 0.5) is 11.4 Å². The lowest BCUT2D eigenvalue weighted by atomic mass is 9.86. The van der Waals surface area contributed by atoms with Crippen LogP contribution in [-0.2, 0) is 0 Å². The van der Waals surface area contributed by atoms with Crippen molar-refractivity contribution in [3.63, 3.8) is 0 Å². The maximum atomic E-state index is 13.6. The van der Waals surface area contributed by atoms with Crippen LogP contribution in [0.5, 0.6) is 11.5 Å². The molecule has 2 N–H and O–H groups in total. The number of hydrogen-bond acceptors (Lipinski definition) is 6. The molecule has 8 aromatic rings. The lowest BCUT2D eigenvalue weighted by Crippen LogP contribution is -2.11. The number of benzene rings is 8. The number of rotatable bonds is 13. The third-order valence-electron chi connectivity index (χ3n) is 10.6. The van der Waals surface area contributed by atoms with Crippen molar-refractivity contribution in [3.8, 4) is 22.6 Å². The Morgan fingerprint density at radius 2 is 0.758 bits per heavy atom. The molecule has 62 heavy (non-hydrogen) atoms. The number of anilines is 2. The van der Waals surface area contributed by atoms with E-state index in [2.05, 4.69) is 34.9 Å². The van der Waals surface area contributed by atoms with Crippen molar-refractivity contribution >= 4 is 68.5 Å². The number of allylic oxidation sites excluding steroid dienone is 2. The molecule has 0 unspecified atom stereocenters. The minimum atomic E-state index is -0.273. The number of ketones is 2.